The molecule has 3 aromatic rings. The molecule has 0 unspecified atom stereocenters. The summed E-state index contributed by atoms with van der Waals surface area (Å²) in [5.41, 5.74) is 4.51. The van der Waals surface area contributed by atoms with Gasteiger partial charge in [-0.05, 0) is 44.9 Å². The maximum atomic E-state index is 4.49. The van der Waals surface area contributed by atoms with Crippen LogP contribution in [0.1, 0.15) is 24.2 Å². The number of halogens is 1. The molecule has 3 rings (SSSR count). The third-order valence-corrected chi connectivity index (χ3v) is 4.56. The van der Waals surface area contributed by atoms with Gasteiger partial charge >= 0.3 is 0 Å². The molecular weight excluding hydrogens is 465 g/mol. The van der Waals surface area contributed by atoms with Gasteiger partial charge in [-0.25, -0.2) is 4.98 Å². The second kappa shape index (κ2) is 11.0. The normalized spacial score (nSPS) is 11.5. The average Bonchev–Trinajstić information content (AvgIpc) is 3.23. The molecule has 28 heavy (non-hydrogen) atoms. The van der Waals surface area contributed by atoms with Crippen molar-refractivity contribution in [2.75, 3.05) is 20.1 Å². The first-order valence-electron chi connectivity index (χ1n) is 9.53. The lowest BCUT2D eigenvalue weighted by Crippen LogP contribution is -2.38. The van der Waals surface area contributed by atoms with E-state index in [1.54, 1.807) is 7.05 Å². The molecule has 2 N–H and O–H groups in total. The van der Waals surface area contributed by atoms with E-state index in [9.17, 15) is 0 Å². The van der Waals surface area contributed by atoms with E-state index < -0.39 is 0 Å². The van der Waals surface area contributed by atoms with Crippen LogP contribution in [0.25, 0.3) is 11.0 Å². The number of para-hydroxylation sites is 2. The number of nitrogens with one attached hydrogen (secondary N) is 2. The highest BCUT2D eigenvalue weighted by Gasteiger charge is 2.03. The lowest BCUT2D eigenvalue weighted by Gasteiger charge is -2.12. The molecule has 1 aromatic carbocycles. The zero-order valence-corrected chi connectivity index (χ0v) is 19.2. The summed E-state index contributed by atoms with van der Waals surface area (Å²) in [6.45, 7) is 7.70. The van der Waals surface area contributed by atoms with Gasteiger partial charge in [-0.15, -0.1) is 24.0 Å². The summed E-state index contributed by atoms with van der Waals surface area (Å²) >= 11 is 0. The molecule has 0 saturated carbocycles. The highest BCUT2D eigenvalue weighted by Crippen LogP contribution is 2.11. The fourth-order valence-electron chi connectivity index (χ4n) is 3.20. The number of aliphatic imine (C=N–C) groups is 1. The molecule has 0 radical (unpaired) electrons. The van der Waals surface area contributed by atoms with E-state index in [0.717, 1.165) is 56.2 Å². The third kappa shape index (κ3) is 5.95. The largest absolute Gasteiger partial charge is 0.356 e. The highest BCUT2D eigenvalue weighted by molar-refractivity contribution is 14.0. The second-order valence-corrected chi connectivity index (χ2v) is 6.71. The number of benzene rings is 1. The van der Waals surface area contributed by atoms with Gasteiger partial charge in [0.25, 0.3) is 0 Å². The number of hydrogen-bond acceptors (Lipinski definition) is 3. The van der Waals surface area contributed by atoms with Crippen molar-refractivity contribution in [2.45, 2.75) is 39.8 Å². The molecular formula is C20H30IN7. The minimum Gasteiger partial charge on any atom is -0.356 e. The van der Waals surface area contributed by atoms with Crippen molar-refractivity contribution in [3.63, 3.8) is 0 Å². The Balaban J connectivity index is 0.00000280. The Morgan fingerprint density at radius 2 is 1.79 bits per heavy atom. The number of fused-ring (bicyclic) bond motifs is 1. The van der Waals surface area contributed by atoms with Crippen LogP contribution in [0.5, 0.6) is 0 Å². The van der Waals surface area contributed by atoms with E-state index in [-0.39, 0.29) is 24.0 Å². The van der Waals surface area contributed by atoms with Crippen molar-refractivity contribution < 1.29 is 0 Å². The standard InChI is InChI=1S/C20H29N7.HI/c1-16-14-17(2)27(25-16)13-7-11-23-20(21-3)22-10-6-12-26-15-24-18-8-4-5-9-19(18)26;/h4-5,8-9,14-15H,6-7,10-13H2,1-3H3,(H2,21,22,23);1H. The van der Waals surface area contributed by atoms with Crippen molar-refractivity contribution in [1.29, 1.82) is 0 Å². The van der Waals surface area contributed by atoms with Crippen LogP contribution < -0.4 is 10.6 Å². The van der Waals surface area contributed by atoms with Crippen LogP contribution in [0, 0.1) is 13.8 Å². The summed E-state index contributed by atoms with van der Waals surface area (Å²) in [4.78, 5) is 8.72. The number of rotatable bonds is 8. The second-order valence-electron chi connectivity index (χ2n) is 6.71. The number of guanidine groups is 1. The van der Waals surface area contributed by atoms with Crippen molar-refractivity contribution in [3.8, 4) is 0 Å². The van der Waals surface area contributed by atoms with Crippen LogP contribution in [0.2, 0.25) is 0 Å². The molecule has 7 nitrogen and oxygen atoms in total. The van der Waals surface area contributed by atoms with Crippen molar-refractivity contribution >= 4 is 41.0 Å². The maximum Gasteiger partial charge on any atom is 0.190 e. The Hall–Kier alpha value is -2.10. The fourth-order valence-corrected chi connectivity index (χ4v) is 3.20. The Labute approximate surface area is 183 Å². The van der Waals surface area contributed by atoms with E-state index in [0.29, 0.717) is 0 Å². The minimum atomic E-state index is 0. The first-order valence-corrected chi connectivity index (χ1v) is 9.53. The van der Waals surface area contributed by atoms with E-state index in [1.165, 1.54) is 11.2 Å². The zero-order valence-electron chi connectivity index (χ0n) is 16.9. The van der Waals surface area contributed by atoms with Crippen LogP contribution in [-0.2, 0) is 13.1 Å². The Kier molecular flexibility index (Phi) is 8.75. The highest BCUT2D eigenvalue weighted by atomic mass is 127. The molecule has 0 aliphatic carbocycles. The number of hydrogen-bond donors (Lipinski definition) is 2. The SMILES string of the molecule is CN=C(NCCCn1nc(C)cc1C)NCCCn1cnc2ccccc21.I. The van der Waals surface area contributed by atoms with E-state index in [2.05, 4.69) is 60.1 Å². The lowest BCUT2D eigenvalue weighted by atomic mass is 10.3. The van der Waals surface area contributed by atoms with Gasteiger partial charge in [0.05, 0.1) is 23.1 Å². The van der Waals surface area contributed by atoms with Crippen molar-refractivity contribution in [3.05, 3.63) is 48.0 Å². The molecule has 8 heteroatoms. The molecule has 0 fully saturated rings. The maximum absolute atomic E-state index is 4.49. The lowest BCUT2D eigenvalue weighted by molar-refractivity contribution is 0.554. The molecule has 0 bridgehead atoms. The molecule has 0 aliphatic rings. The summed E-state index contributed by atoms with van der Waals surface area (Å²) in [6.07, 6.45) is 3.92. The van der Waals surface area contributed by atoms with Crippen LogP contribution in [0.3, 0.4) is 0 Å². The van der Waals surface area contributed by atoms with Crippen LogP contribution >= 0.6 is 24.0 Å². The van der Waals surface area contributed by atoms with Crippen molar-refractivity contribution in [1.82, 2.24) is 30.0 Å². The molecule has 2 aromatic heterocycles. The predicted molar refractivity (Wildman–Crippen MR) is 125 cm³/mol. The Morgan fingerprint density at radius 1 is 1.07 bits per heavy atom. The topological polar surface area (TPSA) is 72.1 Å². The monoisotopic (exact) mass is 495 g/mol. The van der Waals surface area contributed by atoms with Gasteiger partial charge in [0.15, 0.2) is 5.96 Å². The zero-order chi connectivity index (χ0) is 19.1. The van der Waals surface area contributed by atoms with E-state index >= 15 is 0 Å². The molecule has 152 valence electrons. The number of aryl methyl sites for hydroxylation is 4. The third-order valence-electron chi connectivity index (χ3n) is 4.56. The molecule has 0 amide bonds. The van der Waals surface area contributed by atoms with Crippen LogP contribution in [0.15, 0.2) is 41.7 Å². The Morgan fingerprint density at radius 3 is 2.46 bits per heavy atom. The molecule has 0 saturated heterocycles. The summed E-state index contributed by atoms with van der Waals surface area (Å²) in [5, 5.41) is 11.2. The van der Waals surface area contributed by atoms with Gasteiger partial charge in [0.1, 0.15) is 0 Å². The first-order chi connectivity index (χ1) is 13.2. The Bertz CT molecular complexity index is 897. The van der Waals surface area contributed by atoms with Gasteiger partial charge < -0.3 is 15.2 Å². The van der Waals surface area contributed by atoms with Crippen LogP contribution in [-0.4, -0.2) is 45.4 Å². The summed E-state index contributed by atoms with van der Waals surface area (Å²) in [6, 6.07) is 10.3. The predicted octanol–water partition coefficient (Wildman–Crippen LogP) is 3.11. The summed E-state index contributed by atoms with van der Waals surface area (Å²) in [7, 11) is 1.81. The van der Waals surface area contributed by atoms with E-state index in [4.69, 9.17) is 0 Å². The summed E-state index contributed by atoms with van der Waals surface area (Å²) < 4.78 is 4.25. The number of imidazole rings is 1. The molecule has 0 aliphatic heterocycles. The quantitative estimate of drug-likeness (QED) is 0.218. The van der Waals surface area contributed by atoms with E-state index in [1.807, 2.05) is 25.4 Å². The minimum absolute atomic E-state index is 0. The van der Waals surface area contributed by atoms with Crippen molar-refractivity contribution in [2.24, 2.45) is 4.99 Å². The van der Waals surface area contributed by atoms with Gasteiger partial charge in [-0.3, -0.25) is 9.67 Å². The number of aromatic nitrogens is 4. The van der Waals surface area contributed by atoms with Gasteiger partial charge in [-0.1, -0.05) is 12.1 Å². The number of nitrogens with zero attached hydrogens (tertiary/aromatic N) is 5. The average molecular weight is 495 g/mol. The first kappa shape index (κ1) is 22.2. The van der Waals surface area contributed by atoms with Gasteiger partial charge in [0, 0.05) is 38.9 Å². The van der Waals surface area contributed by atoms with Gasteiger partial charge in [0.2, 0.25) is 0 Å². The van der Waals surface area contributed by atoms with Crippen LogP contribution in [0.4, 0.5) is 0 Å². The fraction of sp³-hybridized carbons (Fsp3) is 0.450. The smallest absolute Gasteiger partial charge is 0.190 e. The molecule has 2 heterocycles. The van der Waals surface area contributed by atoms with Gasteiger partial charge in [-0.2, -0.15) is 5.10 Å². The molecule has 0 spiro atoms. The molecule has 0 atom stereocenters. The summed E-state index contributed by atoms with van der Waals surface area (Å²) in [5.74, 6) is 0.846.